The third-order valence-corrected chi connectivity index (χ3v) is 5.41. The third-order valence-electron chi connectivity index (χ3n) is 3.50. The van der Waals surface area contributed by atoms with Crippen molar-refractivity contribution in [3.8, 4) is 0 Å². The number of hydrogen-bond acceptors (Lipinski definition) is 4. The molecule has 1 saturated heterocycles. The lowest BCUT2D eigenvalue weighted by molar-refractivity contribution is 0.473. The number of pyridine rings is 1. The first-order chi connectivity index (χ1) is 9.50. The summed E-state index contributed by atoms with van der Waals surface area (Å²) >= 11 is 0. The number of rotatable bonds is 2. The van der Waals surface area contributed by atoms with Gasteiger partial charge in [0, 0.05) is 36.1 Å². The molecule has 0 radical (unpaired) electrons. The zero-order valence-electron chi connectivity index (χ0n) is 10.7. The van der Waals surface area contributed by atoms with Gasteiger partial charge in [-0.3, -0.25) is 4.98 Å². The van der Waals surface area contributed by atoms with Crippen LogP contribution in [0.2, 0.25) is 0 Å². The van der Waals surface area contributed by atoms with E-state index in [0.29, 0.717) is 18.4 Å². The number of sulfonamides is 1. The summed E-state index contributed by atoms with van der Waals surface area (Å²) in [7, 11) is -3.74. The van der Waals surface area contributed by atoms with Crippen LogP contribution >= 0.6 is 0 Å². The van der Waals surface area contributed by atoms with E-state index in [4.69, 9.17) is 5.73 Å². The maximum absolute atomic E-state index is 14.0. The van der Waals surface area contributed by atoms with Crippen LogP contribution in [-0.2, 0) is 10.0 Å². The van der Waals surface area contributed by atoms with Gasteiger partial charge in [0.25, 0.3) is 0 Å². The molecule has 0 bridgehead atoms. The summed E-state index contributed by atoms with van der Waals surface area (Å²) in [6, 6.07) is 4.49. The van der Waals surface area contributed by atoms with Gasteiger partial charge in [0.1, 0.15) is 0 Å². The van der Waals surface area contributed by atoms with Crippen LogP contribution in [0.1, 0.15) is 6.42 Å². The summed E-state index contributed by atoms with van der Waals surface area (Å²) in [4.78, 5) is 3.72. The molecule has 1 aromatic heterocycles. The van der Waals surface area contributed by atoms with Crippen molar-refractivity contribution < 1.29 is 12.8 Å². The van der Waals surface area contributed by atoms with Gasteiger partial charge in [-0.05, 0) is 12.5 Å². The Hall–Kier alpha value is -1.57. The highest BCUT2D eigenvalue weighted by molar-refractivity contribution is 7.89. The Morgan fingerprint density at radius 2 is 2.15 bits per heavy atom. The molecule has 0 saturated carbocycles. The normalized spacial score (nSPS) is 20.6. The van der Waals surface area contributed by atoms with Crippen molar-refractivity contribution in [1.29, 1.82) is 0 Å². The number of halogens is 1. The molecule has 7 heteroatoms. The Labute approximate surface area is 116 Å². The molecule has 0 unspecified atom stereocenters. The lowest BCUT2D eigenvalue weighted by Gasteiger charge is -2.17. The molecule has 1 aliphatic rings. The number of fused-ring (bicyclic) bond motifs is 1. The molecule has 0 amide bonds. The van der Waals surface area contributed by atoms with E-state index >= 15 is 0 Å². The first-order valence-corrected chi connectivity index (χ1v) is 7.72. The minimum absolute atomic E-state index is 0.0241. The van der Waals surface area contributed by atoms with Crippen LogP contribution in [0.25, 0.3) is 10.8 Å². The summed E-state index contributed by atoms with van der Waals surface area (Å²) in [5.41, 5.74) is 5.75. The van der Waals surface area contributed by atoms with Crippen LogP contribution in [0.15, 0.2) is 35.5 Å². The SMILES string of the molecule is N[C@@H]1CCN(S(=O)(=O)c2cccc3cncc(F)c23)C1. The molecule has 0 spiro atoms. The Balaban J connectivity index is 2.19. The minimum Gasteiger partial charge on any atom is -0.326 e. The average molecular weight is 295 g/mol. The summed E-state index contributed by atoms with van der Waals surface area (Å²) in [6.45, 7) is 0.637. The second kappa shape index (κ2) is 4.76. The molecule has 3 rings (SSSR count). The van der Waals surface area contributed by atoms with Gasteiger partial charge < -0.3 is 5.73 Å². The summed E-state index contributed by atoms with van der Waals surface area (Å²) in [6.07, 6.45) is 3.10. The average Bonchev–Trinajstić information content (AvgIpc) is 2.86. The van der Waals surface area contributed by atoms with E-state index in [-0.39, 0.29) is 22.9 Å². The quantitative estimate of drug-likeness (QED) is 0.900. The van der Waals surface area contributed by atoms with Crippen LogP contribution < -0.4 is 5.73 Å². The first kappa shape index (κ1) is 13.4. The summed E-state index contributed by atoms with van der Waals surface area (Å²) in [5.74, 6) is -0.634. The van der Waals surface area contributed by atoms with Crippen molar-refractivity contribution in [2.24, 2.45) is 5.73 Å². The Morgan fingerprint density at radius 1 is 1.35 bits per heavy atom. The van der Waals surface area contributed by atoms with Gasteiger partial charge in [-0.25, -0.2) is 12.8 Å². The summed E-state index contributed by atoms with van der Waals surface area (Å²) < 4.78 is 40.5. The lowest BCUT2D eigenvalue weighted by atomic mass is 10.2. The standard InChI is InChI=1S/C13H14FN3O2S/c14-11-7-16-6-9-2-1-3-12(13(9)11)20(18,19)17-5-4-10(15)8-17/h1-3,6-7,10H,4-5,8,15H2/t10-/m1/s1. The van der Waals surface area contributed by atoms with Crippen LogP contribution in [0.5, 0.6) is 0 Å². The van der Waals surface area contributed by atoms with Crippen molar-refractivity contribution >= 4 is 20.8 Å². The number of nitrogens with zero attached hydrogens (tertiary/aromatic N) is 2. The lowest BCUT2D eigenvalue weighted by Crippen LogP contribution is -2.32. The molecule has 2 aromatic rings. The summed E-state index contributed by atoms with van der Waals surface area (Å²) in [5, 5.41) is 0.553. The third kappa shape index (κ3) is 2.07. The Morgan fingerprint density at radius 3 is 2.85 bits per heavy atom. The largest absolute Gasteiger partial charge is 0.326 e. The molecular weight excluding hydrogens is 281 g/mol. The van der Waals surface area contributed by atoms with Crippen LogP contribution in [0, 0.1) is 5.82 Å². The van der Waals surface area contributed by atoms with Crippen LogP contribution in [-0.4, -0.2) is 36.8 Å². The molecule has 20 heavy (non-hydrogen) atoms. The molecule has 106 valence electrons. The fraction of sp³-hybridized carbons (Fsp3) is 0.308. The van der Waals surface area contributed by atoms with Crippen molar-refractivity contribution in [3.63, 3.8) is 0 Å². The van der Waals surface area contributed by atoms with Crippen molar-refractivity contribution in [1.82, 2.24) is 9.29 Å². The fourth-order valence-electron chi connectivity index (χ4n) is 2.49. The molecule has 2 N–H and O–H groups in total. The zero-order chi connectivity index (χ0) is 14.3. The van der Waals surface area contributed by atoms with Crippen molar-refractivity contribution in [3.05, 3.63) is 36.4 Å². The number of aromatic nitrogens is 1. The molecular formula is C13H14FN3O2S. The van der Waals surface area contributed by atoms with Crippen molar-refractivity contribution in [2.45, 2.75) is 17.4 Å². The van der Waals surface area contributed by atoms with Gasteiger partial charge in [-0.15, -0.1) is 0 Å². The molecule has 1 aliphatic heterocycles. The number of benzene rings is 1. The second-order valence-corrected chi connectivity index (χ2v) is 6.79. The highest BCUT2D eigenvalue weighted by Crippen LogP contribution is 2.28. The van der Waals surface area contributed by atoms with Crippen LogP contribution in [0.4, 0.5) is 4.39 Å². The highest BCUT2D eigenvalue weighted by atomic mass is 32.2. The van der Waals surface area contributed by atoms with E-state index in [2.05, 4.69) is 4.98 Å². The Kier molecular flexibility index (Phi) is 3.19. The topological polar surface area (TPSA) is 76.3 Å². The zero-order valence-corrected chi connectivity index (χ0v) is 11.5. The van der Waals surface area contributed by atoms with Gasteiger partial charge in [-0.1, -0.05) is 12.1 Å². The predicted octanol–water partition coefficient (Wildman–Crippen LogP) is 1.10. The van der Waals surface area contributed by atoms with E-state index < -0.39 is 15.8 Å². The molecule has 2 heterocycles. The number of hydrogen-bond donors (Lipinski definition) is 1. The smallest absolute Gasteiger partial charge is 0.243 e. The van der Waals surface area contributed by atoms with Crippen molar-refractivity contribution in [2.75, 3.05) is 13.1 Å². The molecule has 1 atom stereocenters. The van der Waals surface area contributed by atoms with Gasteiger partial charge in [0.2, 0.25) is 10.0 Å². The molecule has 0 aliphatic carbocycles. The molecule has 5 nitrogen and oxygen atoms in total. The van der Waals surface area contributed by atoms with Gasteiger partial charge in [0.15, 0.2) is 5.82 Å². The first-order valence-electron chi connectivity index (χ1n) is 6.28. The Bertz CT molecular complexity index is 758. The number of nitrogens with two attached hydrogens (primary N) is 1. The maximum Gasteiger partial charge on any atom is 0.243 e. The van der Waals surface area contributed by atoms with E-state index in [1.54, 1.807) is 12.1 Å². The van der Waals surface area contributed by atoms with Gasteiger partial charge in [-0.2, -0.15) is 4.31 Å². The van der Waals surface area contributed by atoms with E-state index in [1.807, 2.05) is 0 Å². The van der Waals surface area contributed by atoms with Gasteiger partial charge in [0.05, 0.1) is 11.1 Å². The monoisotopic (exact) mass is 295 g/mol. The van der Waals surface area contributed by atoms with E-state index in [9.17, 15) is 12.8 Å². The van der Waals surface area contributed by atoms with Crippen LogP contribution in [0.3, 0.4) is 0 Å². The van der Waals surface area contributed by atoms with E-state index in [0.717, 1.165) is 6.20 Å². The van der Waals surface area contributed by atoms with Gasteiger partial charge >= 0.3 is 0 Å². The highest BCUT2D eigenvalue weighted by Gasteiger charge is 2.32. The molecule has 1 fully saturated rings. The second-order valence-electron chi connectivity index (χ2n) is 4.89. The maximum atomic E-state index is 14.0. The molecule has 1 aromatic carbocycles. The van der Waals surface area contributed by atoms with E-state index in [1.165, 1.54) is 16.6 Å². The minimum atomic E-state index is -3.74. The fourth-order valence-corrected chi connectivity index (χ4v) is 4.22. The predicted molar refractivity (Wildman–Crippen MR) is 73.1 cm³/mol.